The third-order valence-electron chi connectivity index (χ3n) is 4.85. The topological polar surface area (TPSA) is 81.9 Å². The zero-order valence-corrected chi connectivity index (χ0v) is 16.0. The Hall–Kier alpha value is -3.48. The summed E-state index contributed by atoms with van der Waals surface area (Å²) in [5.74, 6) is 0.986. The van der Waals surface area contributed by atoms with E-state index in [0.717, 1.165) is 34.1 Å². The van der Waals surface area contributed by atoms with Crippen molar-refractivity contribution in [2.75, 3.05) is 12.4 Å². The van der Waals surface area contributed by atoms with Gasteiger partial charge in [0.1, 0.15) is 5.75 Å². The number of anilines is 1. The molecule has 1 amide bonds. The maximum Gasteiger partial charge on any atom is 0.258 e. The van der Waals surface area contributed by atoms with Gasteiger partial charge in [0, 0.05) is 17.8 Å². The molecule has 0 radical (unpaired) electrons. The van der Waals surface area contributed by atoms with E-state index in [-0.39, 0.29) is 11.9 Å². The average Bonchev–Trinajstić information content (AvgIpc) is 3.09. The minimum absolute atomic E-state index is 0.148. The highest BCUT2D eigenvalue weighted by atomic mass is 16.5. The Morgan fingerprint density at radius 2 is 2.14 bits per heavy atom. The van der Waals surface area contributed by atoms with Crippen molar-refractivity contribution in [3.8, 4) is 5.75 Å². The fourth-order valence-electron chi connectivity index (χ4n) is 3.08. The van der Waals surface area contributed by atoms with Gasteiger partial charge in [-0.1, -0.05) is 6.92 Å². The zero-order valence-electron chi connectivity index (χ0n) is 16.0. The normalized spacial score (nSPS) is 12.2. The van der Waals surface area contributed by atoms with Gasteiger partial charge < -0.3 is 10.1 Å². The summed E-state index contributed by atoms with van der Waals surface area (Å²) in [6, 6.07) is 11.3. The van der Waals surface area contributed by atoms with Crippen molar-refractivity contribution in [2.45, 2.75) is 26.3 Å². The fraction of sp³-hybridized carbons (Fsp3) is 0.238. The van der Waals surface area contributed by atoms with Crippen LogP contribution in [0.1, 0.15) is 36.7 Å². The van der Waals surface area contributed by atoms with Crippen molar-refractivity contribution in [3.05, 3.63) is 54.4 Å². The fourth-order valence-corrected chi connectivity index (χ4v) is 3.08. The number of fused-ring (bicyclic) bond motifs is 2. The quantitative estimate of drug-likeness (QED) is 0.565. The van der Waals surface area contributed by atoms with E-state index in [2.05, 4.69) is 29.2 Å². The molecule has 1 atom stereocenters. The van der Waals surface area contributed by atoms with Crippen LogP contribution in [0.25, 0.3) is 21.9 Å². The minimum atomic E-state index is -0.255. The summed E-state index contributed by atoms with van der Waals surface area (Å²) in [4.78, 5) is 21.4. The van der Waals surface area contributed by atoms with Gasteiger partial charge in [-0.05, 0) is 49.7 Å². The number of ether oxygens (including phenoxy) is 1. The standard InChI is InChI=1S/C21H21N5O2/c1-4-13(2)26-20-17(11-15-10-16(28-3)7-8-18(15)23-20)19(25-26)24-21(27)14-6-5-9-22-12-14/h5-13H,4H2,1-3H3,(H,24,25,27). The number of hydrogen-bond acceptors (Lipinski definition) is 5. The van der Waals surface area contributed by atoms with E-state index < -0.39 is 0 Å². The number of carbonyl (C=O) groups excluding carboxylic acids is 1. The monoisotopic (exact) mass is 375 g/mol. The molecule has 0 saturated carbocycles. The van der Waals surface area contributed by atoms with Crippen LogP contribution < -0.4 is 10.1 Å². The number of pyridine rings is 2. The Bertz CT molecular complexity index is 1150. The molecule has 3 heterocycles. The van der Waals surface area contributed by atoms with Gasteiger partial charge in [0.15, 0.2) is 11.5 Å². The first kappa shape index (κ1) is 17.9. The first-order valence-corrected chi connectivity index (χ1v) is 9.19. The second-order valence-corrected chi connectivity index (χ2v) is 6.66. The Morgan fingerprint density at radius 1 is 1.29 bits per heavy atom. The Kier molecular flexibility index (Phi) is 4.65. The van der Waals surface area contributed by atoms with Crippen LogP contribution in [0.15, 0.2) is 48.8 Å². The molecule has 0 spiro atoms. The van der Waals surface area contributed by atoms with Crippen molar-refractivity contribution in [2.24, 2.45) is 0 Å². The third kappa shape index (κ3) is 3.15. The predicted octanol–water partition coefficient (Wildman–Crippen LogP) is 4.21. The van der Waals surface area contributed by atoms with Crippen LogP contribution in [0, 0.1) is 0 Å². The molecule has 0 bridgehead atoms. The Balaban J connectivity index is 1.86. The largest absolute Gasteiger partial charge is 0.497 e. The molecule has 0 saturated heterocycles. The maximum atomic E-state index is 12.6. The second-order valence-electron chi connectivity index (χ2n) is 6.66. The summed E-state index contributed by atoms with van der Waals surface area (Å²) >= 11 is 0. The number of aromatic nitrogens is 4. The van der Waals surface area contributed by atoms with Crippen molar-refractivity contribution in [1.29, 1.82) is 0 Å². The van der Waals surface area contributed by atoms with Gasteiger partial charge in [-0.2, -0.15) is 5.10 Å². The van der Waals surface area contributed by atoms with Gasteiger partial charge >= 0.3 is 0 Å². The van der Waals surface area contributed by atoms with Crippen LogP contribution in [0.3, 0.4) is 0 Å². The van der Waals surface area contributed by atoms with E-state index in [4.69, 9.17) is 9.72 Å². The highest BCUT2D eigenvalue weighted by Gasteiger charge is 2.19. The van der Waals surface area contributed by atoms with Crippen LogP contribution in [-0.2, 0) is 0 Å². The van der Waals surface area contributed by atoms with Crippen molar-refractivity contribution in [3.63, 3.8) is 0 Å². The summed E-state index contributed by atoms with van der Waals surface area (Å²) in [5, 5.41) is 9.29. The molecule has 0 fully saturated rings. The van der Waals surface area contributed by atoms with E-state index in [0.29, 0.717) is 11.4 Å². The molecule has 0 aliphatic carbocycles. The Labute approximate surface area is 162 Å². The van der Waals surface area contributed by atoms with Crippen molar-refractivity contribution in [1.82, 2.24) is 19.7 Å². The summed E-state index contributed by atoms with van der Waals surface area (Å²) in [5.41, 5.74) is 2.07. The number of nitrogens with one attached hydrogen (secondary N) is 1. The van der Waals surface area contributed by atoms with E-state index in [1.165, 1.54) is 6.20 Å². The number of amides is 1. The number of methoxy groups -OCH3 is 1. The van der Waals surface area contributed by atoms with Crippen LogP contribution in [-0.4, -0.2) is 32.8 Å². The maximum absolute atomic E-state index is 12.6. The SMILES string of the molecule is CCC(C)n1nc(NC(=O)c2cccnc2)c2cc3cc(OC)ccc3nc21. The molecule has 1 N–H and O–H groups in total. The number of rotatable bonds is 5. The smallest absolute Gasteiger partial charge is 0.258 e. The first-order valence-electron chi connectivity index (χ1n) is 9.19. The molecular weight excluding hydrogens is 354 g/mol. The lowest BCUT2D eigenvalue weighted by Crippen LogP contribution is -2.13. The number of hydrogen-bond donors (Lipinski definition) is 1. The van der Waals surface area contributed by atoms with Gasteiger partial charge in [0.25, 0.3) is 5.91 Å². The lowest BCUT2D eigenvalue weighted by molar-refractivity contribution is 0.102. The first-order chi connectivity index (χ1) is 13.6. The van der Waals surface area contributed by atoms with Gasteiger partial charge in [-0.3, -0.25) is 9.78 Å². The van der Waals surface area contributed by atoms with Crippen LogP contribution >= 0.6 is 0 Å². The third-order valence-corrected chi connectivity index (χ3v) is 4.85. The summed E-state index contributed by atoms with van der Waals surface area (Å²) in [6.45, 7) is 4.18. The molecule has 142 valence electrons. The number of nitrogens with zero attached hydrogens (tertiary/aromatic N) is 4. The van der Waals surface area contributed by atoms with Crippen molar-refractivity contribution >= 4 is 33.7 Å². The van der Waals surface area contributed by atoms with E-state index >= 15 is 0 Å². The van der Waals surface area contributed by atoms with Crippen LogP contribution in [0.2, 0.25) is 0 Å². The number of benzene rings is 1. The molecule has 4 rings (SSSR count). The summed E-state index contributed by atoms with van der Waals surface area (Å²) in [7, 11) is 1.63. The Morgan fingerprint density at radius 3 is 2.86 bits per heavy atom. The molecule has 0 aliphatic rings. The molecule has 3 aromatic heterocycles. The molecule has 1 aromatic carbocycles. The molecule has 0 aliphatic heterocycles. The van der Waals surface area contributed by atoms with Gasteiger partial charge in [0.2, 0.25) is 0 Å². The minimum Gasteiger partial charge on any atom is -0.497 e. The van der Waals surface area contributed by atoms with Crippen LogP contribution in [0.5, 0.6) is 5.75 Å². The van der Waals surface area contributed by atoms with Gasteiger partial charge in [0.05, 0.1) is 29.6 Å². The zero-order chi connectivity index (χ0) is 19.7. The molecule has 7 heteroatoms. The average molecular weight is 375 g/mol. The summed E-state index contributed by atoms with van der Waals surface area (Å²) in [6.07, 6.45) is 4.06. The highest BCUT2D eigenvalue weighted by Crippen LogP contribution is 2.30. The molecule has 7 nitrogen and oxygen atoms in total. The molecule has 4 aromatic rings. The second kappa shape index (κ2) is 7.26. The van der Waals surface area contributed by atoms with Gasteiger partial charge in [-0.15, -0.1) is 0 Å². The van der Waals surface area contributed by atoms with Crippen molar-refractivity contribution < 1.29 is 9.53 Å². The van der Waals surface area contributed by atoms with Gasteiger partial charge in [-0.25, -0.2) is 9.67 Å². The van der Waals surface area contributed by atoms with E-state index in [9.17, 15) is 4.79 Å². The highest BCUT2D eigenvalue weighted by molar-refractivity contribution is 6.08. The van der Waals surface area contributed by atoms with Crippen LogP contribution in [0.4, 0.5) is 5.82 Å². The van der Waals surface area contributed by atoms with E-state index in [1.54, 1.807) is 25.4 Å². The lowest BCUT2D eigenvalue weighted by Gasteiger charge is -2.10. The molecule has 28 heavy (non-hydrogen) atoms. The molecule has 1 unspecified atom stereocenters. The number of carbonyl (C=O) groups is 1. The van der Waals surface area contributed by atoms with E-state index in [1.807, 2.05) is 28.9 Å². The lowest BCUT2D eigenvalue weighted by atomic mass is 10.1. The molecular formula is C21H21N5O2. The predicted molar refractivity (Wildman–Crippen MR) is 109 cm³/mol. The summed E-state index contributed by atoms with van der Waals surface area (Å²) < 4.78 is 7.20.